The molecule has 0 atom stereocenters. The summed E-state index contributed by atoms with van der Waals surface area (Å²) in [6, 6.07) is 10.8. The van der Waals surface area contributed by atoms with Gasteiger partial charge >= 0.3 is 0 Å². The summed E-state index contributed by atoms with van der Waals surface area (Å²) < 4.78 is 6.52. The zero-order valence-electron chi connectivity index (χ0n) is 13.4. The second-order valence-corrected chi connectivity index (χ2v) is 7.25. The van der Waals surface area contributed by atoms with Crippen molar-refractivity contribution in [2.24, 2.45) is 0 Å². The first-order valence-electron chi connectivity index (χ1n) is 7.61. The summed E-state index contributed by atoms with van der Waals surface area (Å²) in [5, 5.41) is 11.1. The van der Waals surface area contributed by atoms with Gasteiger partial charge in [-0.25, -0.2) is 4.68 Å². The van der Waals surface area contributed by atoms with Gasteiger partial charge in [-0.1, -0.05) is 40.5 Å². The van der Waals surface area contributed by atoms with Crippen LogP contribution in [0.25, 0.3) is 21.8 Å². The van der Waals surface area contributed by atoms with Crippen LogP contribution in [0.2, 0.25) is 10.0 Å². The number of rotatable bonds is 3. The lowest BCUT2D eigenvalue weighted by molar-refractivity contribution is 0.0944. The lowest BCUT2D eigenvalue weighted by Gasteiger charge is -2.06. The summed E-state index contributed by atoms with van der Waals surface area (Å²) >= 11 is 14.1. The number of hydrogen-bond acceptors (Lipinski definition) is 5. The highest BCUT2D eigenvalue weighted by Crippen LogP contribution is 2.37. The van der Waals surface area contributed by atoms with Crippen LogP contribution in [0.15, 0.2) is 52.5 Å². The van der Waals surface area contributed by atoms with Crippen LogP contribution in [0.4, 0.5) is 0 Å². The zero-order chi connectivity index (χ0) is 18.3. The Morgan fingerprint density at radius 1 is 1.15 bits per heavy atom. The molecule has 0 fully saturated rings. The highest BCUT2D eigenvalue weighted by molar-refractivity contribution is 7.13. The molecule has 1 aromatic carbocycles. The molecular formula is C18H11Cl2N3O2S. The van der Waals surface area contributed by atoms with E-state index in [2.05, 4.69) is 10.3 Å². The maximum absolute atomic E-state index is 13.0. The van der Waals surface area contributed by atoms with Crippen LogP contribution in [0.3, 0.4) is 0 Å². The summed E-state index contributed by atoms with van der Waals surface area (Å²) in [5.41, 5.74) is 1.76. The largest absolute Gasteiger partial charge is 0.360 e. The Labute approximate surface area is 162 Å². The van der Waals surface area contributed by atoms with E-state index in [-0.39, 0.29) is 11.5 Å². The second kappa shape index (κ2) is 6.72. The number of aryl methyl sites for hydroxylation is 1. The van der Waals surface area contributed by atoms with Gasteiger partial charge in [-0.15, -0.1) is 11.3 Å². The molecule has 0 unspecified atom stereocenters. The Kier molecular flexibility index (Phi) is 4.40. The van der Waals surface area contributed by atoms with Gasteiger partial charge in [-0.2, -0.15) is 5.10 Å². The van der Waals surface area contributed by atoms with Crippen molar-refractivity contribution in [3.8, 4) is 21.8 Å². The van der Waals surface area contributed by atoms with E-state index in [4.69, 9.17) is 27.7 Å². The van der Waals surface area contributed by atoms with E-state index in [0.717, 1.165) is 10.6 Å². The summed E-state index contributed by atoms with van der Waals surface area (Å²) in [4.78, 5) is 14.0. The SMILES string of the molecule is Cc1onc(-c2c(Cl)cccc2Cl)c1C(=O)n1ccc(-c2cccs2)n1. The van der Waals surface area contributed by atoms with Crippen molar-refractivity contribution >= 4 is 40.4 Å². The molecule has 3 heterocycles. The Bertz CT molecular complexity index is 1080. The molecule has 130 valence electrons. The van der Waals surface area contributed by atoms with Crippen LogP contribution in [-0.4, -0.2) is 20.8 Å². The van der Waals surface area contributed by atoms with E-state index >= 15 is 0 Å². The molecule has 0 saturated carbocycles. The molecule has 0 aliphatic heterocycles. The molecule has 0 radical (unpaired) electrons. The molecule has 5 nitrogen and oxygen atoms in total. The van der Waals surface area contributed by atoms with Gasteiger partial charge < -0.3 is 4.52 Å². The number of carbonyl (C=O) groups is 1. The van der Waals surface area contributed by atoms with E-state index in [9.17, 15) is 4.79 Å². The van der Waals surface area contributed by atoms with E-state index in [1.165, 1.54) is 4.68 Å². The van der Waals surface area contributed by atoms with E-state index in [0.29, 0.717) is 27.1 Å². The molecule has 26 heavy (non-hydrogen) atoms. The fraction of sp³-hybridized carbons (Fsp3) is 0.0556. The predicted molar refractivity (Wildman–Crippen MR) is 102 cm³/mol. The third kappa shape index (κ3) is 2.86. The molecule has 8 heteroatoms. The first-order chi connectivity index (χ1) is 12.6. The Hall–Kier alpha value is -2.41. The molecule has 0 aliphatic carbocycles. The van der Waals surface area contributed by atoms with Gasteiger partial charge in [-0.05, 0) is 36.6 Å². The number of benzene rings is 1. The van der Waals surface area contributed by atoms with E-state index in [1.54, 1.807) is 48.7 Å². The van der Waals surface area contributed by atoms with E-state index < -0.39 is 0 Å². The Morgan fingerprint density at radius 2 is 1.92 bits per heavy atom. The van der Waals surface area contributed by atoms with Crippen molar-refractivity contribution in [1.82, 2.24) is 14.9 Å². The highest BCUT2D eigenvalue weighted by Gasteiger charge is 2.26. The minimum atomic E-state index is -0.363. The van der Waals surface area contributed by atoms with Crippen molar-refractivity contribution in [3.63, 3.8) is 0 Å². The van der Waals surface area contributed by atoms with Crippen LogP contribution >= 0.6 is 34.5 Å². The van der Waals surface area contributed by atoms with Crippen molar-refractivity contribution in [2.75, 3.05) is 0 Å². The maximum Gasteiger partial charge on any atom is 0.284 e. The third-order valence-electron chi connectivity index (χ3n) is 3.85. The molecule has 4 aromatic rings. The second-order valence-electron chi connectivity index (χ2n) is 5.49. The Balaban J connectivity index is 1.80. The first kappa shape index (κ1) is 17.0. The number of hydrogen-bond donors (Lipinski definition) is 0. The fourth-order valence-corrected chi connectivity index (χ4v) is 3.89. The van der Waals surface area contributed by atoms with Crippen molar-refractivity contribution in [3.05, 3.63) is 69.3 Å². The summed E-state index contributed by atoms with van der Waals surface area (Å²) in [5.74, 6) is 0.00621. The average Bonchev–Trinajstić information content (AvgIpc) is 3.35. The molecule has 0 saturated heterocycles. The van der Waals surface area contributed by atoms with Gasteiger partial charge in [0.15, 0.2) is 0 Å². The lowest BCUT2D eigenvalue weighted by atomic mass is 10.1. The molecule has 0 spiro atoms. The Morgan fingerprint density at radius 3 is 2.62 bits per heavy atom. The van der Waals surface area contributed by atoms with Gasteiger partial charge in [0.1, 0.15) is 22.7 Å². The monoisotopic (exact) mass is 403 g/mol. The third-order valence-corrected chi connectivity index (χ3v) is 5.37. The number of carbonyl (C=O) groups excluding carboxylic acids is 1. The standard InChI is InChI=1S/C18H11Cl2N3O2S/c1-10-15(17(22-25-10)16-11(19)4-2-5-12(16)20)18(24)23-8-7-13(21-23)14-6-3-9-26-14/h2-9H,1H3. The summed E-state index contributed by atoms with van der Waals surface area (Å²) in [6.07, 6.45) is 1.61. The minimum absolute atomic E-state index is 0.279. The normalized spacial score (nSPS) is 11.0. The van der Waals surface area contributed by atoms with Gasteiger partial charge in [0.2, 0.25) is 0 Å². The van der Waals surface area contributed by atoms with Crippen LogP contribution in [-0.2, 0) is 0 Å². The maximum atomic E-state index is 13.0. The summed E-state index contributed by atoms with van der Waals surface area (Å²) in [6.45, 7) is 1.66. The van der Waals surface area contributed by atoms with Crippen molar-refractivity contribution in [1.29, 1.82) is 0 Å². The first-order valence-corrected chi connectivity index (χ1v) is 9.24. The van der Waals surface area contributed by atoms with Crippen molar-refractivity contribution in [2.45, 2.75) is 6.92 Å². The molecule has 0 bridgehead atoms. The number of aromatic nitrogens is 3. The smallest absolute Gasteiger partial charge is 0.284 e. The number of thiophene rings is 1. The molecule has 0 amide bonds. The average molecular weight is 404 g/mol. The number of halogens is 2. The van der Waals surface area contributed by atoms with Crippen LogP contribution in [0.5, 0.6) is 0 Å². The number of nitrogens with zero attached hydrogens (tertiary/aromatic N) is 3. The van der Waals surface area contributed by atoms with Crippen LogP contribution < -0.4 is 0 Å². The van der Waals surface area contributed by atoms with Gasteiger partial charge in [-0.3, -0.25) is 4.79 Å². The highest BCUT2D eigenvalue weighted by atomic mass is 35.5. The van der Waals surface area contributed by atoms with Crippen LogP contribution in [0, 0.1) is 6.92 Å². The van der Waals surface area contributed by atoms with Crippen molar-refractivity contribution < 1.29 is 9.32 Å². The van der Waals surface area contributed by atoms with Gasteiger partial charge in [0.25, 0.3) is 5.91 Å². The fourth-order valence-electron chi connectivity index (χ4n) is 2.63. The zero-order valence-corrected chi connectivity index (χ0v) is 15.8. The lowest BCUT2D eigenvalue weighted by Crippen LogP contribution is -2.14. The quantitative estimate of drug-likeness (QED) is 0.448. The predicted octanol–water partition coefficient (Wildman–Crippen LogP) is 5.57. The van der Waals surface area contributed by atoms with Gasteiger partial charge in [0, 0.05) is 11.8 Å². The molecular weight excluding hydrogens is 393 g/mol. The summed E-state index contributed by atoms with van der Waals surface area (Å²) in [7, 11) is 0. The molecule has 0 N–H and O–H groups in total. The topological polar surface area (TPSA) is 60.9 Å². The minimum Gasteiger partial charge on any atom is -0.360 e. The van der Waals surface area contributed by atoms with E-state index in [1.807, 2.05) is 17.5 Å². The molecule has 4 rings (SSSR count). The van der Waals surface area contributed by atoms with Crippen LogP contribution in [0.1, 0.15) is 16.1 Å². The van der Waals surface area contributed by atoms with Gasteiger partial charge in [0.05, 0.1) is 14.9 Å². The molecule has 3 aromatic heterocycles. The molecule has 0 aliphatic rings.